The van der Waals surface area contributed by atoms with E-state index in [4.69, 9.17) is 21.1 Å². The maximum absolute atomic E-state index is 12.7. The number of ether oxygens (including phenoxy) is 2. The largest absolute Gasteiger partial charge is 0.493 e. The average molecular weight is 361 g/mol. The van der Waals surface area contributed by atoms with Gasteiger partial charge in [-0.15, -0.1) is 0 Å². The van der Waals surface area contributed by atoms with E-state index in [9.17, 15) is 4.79 Å². The summed E-state index contributed by atoms with van der Waals surface area (Å²) in [5, 5.41) is 4.66. The molecule has 0 spiro atoms. The van der Waals surface area contributed by atoms with E-state index in [1.54, 1.807) is 24.1 Å². The number of rotatable bonds is 5. The van der Waals surface area contributed by atoms with Gasteiger partial charge >= 0.3 is 0 Å². The number of carbonyl (C=O) groups excluding carboxylic acids is 1. The first-order valence-electron chi connectivity index (χ1n) is 8.31. The average Bonchev–Trinajstić information content (AvgIpc) is 2.98. The molecule has 6 heteroatoms. The van der Waals surface area contributed by atoms with Crippen LogP contribution < -0.4 is 9.47 Å². The summed E-state index contributed by atoms with van der Waals surface area (Å²) in [7, 11) is 3.44. The highest BCUT2D eigenvalue weighted by molar-refractivity contribution is 6.32. The molecule has 0 fully saturated rings. The minimum absolute atomic E-state index is 0.0238. The van der Waals surface area contributed by atoms with Gasteiger partial charge in [-0.25, -0.2) is 0 Å². The fraction of sp³-hybridized carbons (Fsp3) is 0.368. The van der Waals surface area contributed by atoms with Crippen LogP contribution in [0.1, 0.15) is 41.4 Å². The van der Waals surface area contributed by atoms with Crippen molar-refractivity contribution >= 4 is 23.5 Å². The Balaban J connectivity index is 1.94. The molecule has 1 aromatic carbocycles. The second kappa shape index (κ2) is 7.31. The summed E-state index contributed by atoms with van der Waals surface area (Å²) in [5.41, 5.74) is 3.24. The Kier molecular flexibility index (Phi) is 5.13. The van der Waals surface area contributed by atoms with Gasteiger partial charge in [-0.05, 0) is 43.0 Å². The third kappa shape index (κ3) is 3.42. The molecule has 25 heavy (non-hydrogen) atoms. The summed E-state index contributed by atoms with van der Waals surface area (Å²) < 4.78 is 12.8. The van der Waals surface area contributed by atoms with Gasteiger partial charge in [0.05, 0.1) is 30.5 Å². The number of nitrogens with zero attached hydrogens (tertiary/aromatic N) is 2. The van der Waals surface area contributed by atoms with Crippen molar-refractivity contribution in [2.45, 2.75) is 26.2 Å². The molecule has 0 bridgehead atoms. The predicted octanol–water partition coefficient (Wildman–Crippen LogP) is 4.08. The topological polar surface area (TPSA) is 53.4 Å². The number of halogens is 1. The second-order valence-electron chi connectivity index (χ2n) is 6.01. The molecule has 0 atom stereocenters. The van der Waals surface area contributed by atoms with Crippen molar-refractivity contribution < 1.29 is 14.3 Å². The van der Waals surface area contributed by atoms with Crippen LogP contribution in [0.15, 0.2) is 23.9 Å². The van der Waals surface area contributed by atoms with Crippen molar-refractivity contribution in [1.29, 1.82) is 0 Å². The maximum Gasteiger partial charge on any atom is 0.192 e. The molecular weight excluding hydrogens is 340 g/mol. The number of allylic oxidation sites excluding steroid dienone is 1. The highest BCUT2D eigenvalue weighted by Crippen LogP contribution is 2.37. The quantitative estimate of drug-likeness (QED) is 0.754. The number of Topliss-reactive ketones (excluding diaryl/α,β-unsaturated/α-hetero) is 1. The summed E-state index contributed by atoms with van der Waals surface area (Å²) >= 11 is 6.36. The van der Waals surface area contributed by atoms with Gasteiger partial charge in [0.1, 0.15) is 0 Å². The molecule has 0 aliphatic heterocycles. The summed E-state index contributed by atoms with van der Waals surface area (Å²) in [6, 6.07) is 3.64. The van der Waals surface area contributed by atoms with Gasteiger partial charge in [0.2, 0.25) is 0 Å². The molecule has 1 aliphatic carbocycles. The van der Waals surface area contributed by atoms with Crippen LogP contribution >= 0.6 is 11.6 Å². The molecule has 0 amide bonds. The van der Waals surface area contributed by atoms with Gasteiger partial charge in [0.15, 0.2) is 17.3 Å². The smallest absolute Gasteiger partial charge is 0.192 e. The Hall–Kier alpha value is -2.27. The van der Waals surface area contributed by atoms with E-state index in [0.717, 1.165) is 29.7 Å². The lowest BCUT2D eigenvalue weighted by Gasteiger charge is -2.16. The Morgan fingerprint density at radius 2 is 2.16 bits per heavy atom. The standard InChI is InChI=1S/C19H21ClN2O3/c1-4-7-25-19-15(20)9-12(10-17(19)24-3)8-13-5-6-16-14(18(13)23)11-21-22(16)2/h8-11H,4-7H2,1-3H3/b13-8+. The first-order valence-corrected chi connectivity index (χ1v) is 8.69. The zero-order valence-electron chi connectivity index (χ0n) is 14.6. The fourth-order valence-electron chi connectivity index (χ4n) is 2.99. The molecular formula is C19H21ClN2O3. The van der Waals surface area contributed by atoms with Crippen LogP contribution in [-0.4, -0.2) is 29.3 Å². The van der Waals surface area contributed by atoms with Crippen LogP contribution in [0.4, 0.5) is 0 Å². The molecule has 0 saturated carbocycles. The number of aryl methyl sites for hydroxylation is 1. The highest BCUT2D eigenvalue weighted by Gasteiger charge is 2.25. The van der Waals surface area contributed by atoms with Gasteiger partial charge in [-0.2, -0.15) is 5.10 Å². The number of aromatic nitrogens is 2. The van der Waals surface area contributed by atoms with Gasteiger partial charge in [-0.3, -0.25) is 9.48 Å². The van der Waals surface area contributed by atoms with Crippen LogP contribution in [0.5, 0.6) is 11.5 Å². The zero-order chi connectivity index (χ0) is 18.0. The summed E-state index contributed by atoms with van der Waals surface area (Å²) in [4.78, 5) is 12.7. The minimum atomic E-state index is 0.0238. The van der Waals surface area contributed by atoms with Gasteiger partial charge in [0.25, 0.3) is 0 Å². The van der Waals surface area contributed by atoms with Crippen molar-refractivity contribution in [3.8, 4) is 11.5 Å². The van der Waals surface area contributed by atoms with Gasteiger partial charge < -0.3 is 9.47 Å². The third-order valence-electron chi connectivity index (χ3n) is 4.27. The Bertz CT molecular complexity index is 839. The molecule has 1 aromatic heterocycles. The lowest BCUT2D eigenvalue weighted by atomic mass is 9.90. The SMILES string of the molecule is CCCOc1c(Cl)cc(/C=C2\CCc3c(cnn3C)C2=O)cc1OC. The number of hydrogen-bond acceptors (Lipinski definition) is 4. The molecule has 2 aromatic rings. The lowest BCUT2D eigenvalue weighted by molar-refractivity contribution is 0.102. The molecule has 0 radical (unpaired) electrons. The summed E-state index contributed by atoms with van der Waals surface area (Å²) in [6.45, 7) is 2.60. The van der Waals surface area contributed by atoms with Crippen molar-refractivity contribution in [3.05, 3.63) is 45.7 Å². The normalized spacial score (nSPS) is 15.4. The van der Waals surface area contributed by atoms with Crippen LogP contribution in [0.2, 0.25) is 5.02 Å². The summed E-state index contributed by atoms with van der Waals surface area (Å²) in [6.07, 6.45) is 5.87. The van der Waals surface area contributed by atoms with Gasteiger partial charge in [-0.1, -0.05) is 18.5 Å². The Morgan fingerprint density at radius 1 is 1.36 bits per heavy atom. The Morgan fingerprint density at radius 3 is 2.88 bits per heavy atom. The molecule has 5 nitrogen and oxygen atoms in total. The monoisotopic (exact) mass is 360 g/mol. The first-order chi connectivity index (χ1) is 12.0. The third-order valence-corrected chi connectivity index (χ3v) is 4.55. The zero-order valence-corrected chi connectivity index (χ0v) is 15.4. The van der Waals surface area contributed by atoms with Crippen molar-refractivity contribution in [2.24, 2.45) is 7.05 Å². The molecule has 0 N–H and O–H groups in total. The van der Waals surface area contributed by atoms with Crippen molar-refractivity contribution in [1.82, 2.24) is 9.78 Å². The minimum Gasteiger partial charge on any atom is -0.493 e. The molecule has 1 aliphatic rings. The number of benzene rings is 1. The fourth-order valence-corrected chi connectivity index (χ4v) is 3.27. The first kappa shape index (κ1) is 17.5. The molecule has 0 saturated heterocycles. The van der Waals surface area contributed by atoms with E-state index in [-0.39, 0.29) is 5.78 Å². The van der Waals surface area contributed by atoms with Gasteiger partial charge in [0, 0.05) is 18.3 Å². The van der Waals surface area contributed by atoms with Crippen LogP contribution in [-0.2, 0) is 13.5 Å². The Labute approximate surface area is 152 Å². The van der Waals surface area contributed by atoms with E-state index in [1.807, 2.05) is 26.1 Å². The van der Waals surface area contributed by atoms with E-state index in [2.05, 4.69) is 5.10 Å². The summed E-state index contributed by atoms with van der Waals surface area (Å²) in [5.74, 6) is 1.13. The number of fused-ring (bicyclic) bond motifs is 1. The highest BCUT2D eigenvalue weighted by atomic mass is 35.5. The molecule has 132 valence electrons. The van der Waals surface area contributed by atoms with Crippen LogP contribution in [0, 0.1) is 0 Å². The molecule has 3 rings (SSSR count). The van der Waals surface area contributed by atoms with E-state index in [1.165, 1.54) is 0 Å². The van der Waals surface area contributed by atoms with E-state index >= 15 is 0 Å². The van der Waals surface area contributed by atoms with Crippen molar-refractivity contribution in [2.75, 3.05) is 13.7 Å². The number of methoxy groups -OCH3 is 1. The maximum atomic E-state index is 12.7. The number of carbonyl (C=O) groups is 1. The van der Waals surface area contributed by atoms with Crippen LogP contribution in [0.3, 0.4) is 0 Å². The van der Waals surface area contributed by atoms with Crippen molar-refractivity contribution in [3.63, 3.8) is 0 Å². The van der Waals surface area contributed by atoms with E-state index in [0.29, 0.717) is 35.1 Å². The second-order valence-corrected chi connectivity index (χ2v) is 6.42. The number of hydrogen-bond donors (Lipinski definition) is 0. The molecule has 1 heterocycles. The lowest BCUT2D eigenvalue weighted by Crippen LogP contribution is -2.15. The van der Waals surface area contributed by atoms with Crippen LogP contribution in [0.25, 0.3) is 6.08 Å². The predicted molar refractivity (Wildman–Crippen MR) is 97.6 cm³/mol. The van der Waals surface area contributed by atoms with E-state index < -0.39 is 0 Å². The molecule has 0 unspecified atom stereocenters. The number of ketones is 1.